The lowest BCUT2D eigenvalue weighted by atomic mass is 10.1. The fourth-order valence-corrected chi connectivity index (χ4v) is 7.82. The molecule has 18 heteroatoms. The second-order valence-electron chi connectivity index (χ2n) is 10.5. The maximum absolute atomic E-state index is 12.7. The molecule has 248 valence electrons. The van der Waals surface area contributed by atoms with Gasteiger partial charge >= 0.3 is 47.8 Å². The van der Waals surface area contributed by atoms with E-state index >= 15 is 0 Å². The number of hydrogen-bond donors (Lipinski definition) is 0. The van der Waals surface area contributed by atoms with Crippen LogP contribution in [0.2, 0.25) is 0 Å². The Hall–Kier alpha value is -6.66. The molecule has 4 aromatic carbocycles. The first-order chi connectivity index (χ1) is 23.6. The number of sulfone groups is 2. The minimum Gasteiger partial charge on any atom is -0.386 e. The molecule has 0 radical (unpaired) electrons. The topological polar surface area (TPSA) is 242 Å². The molecule has 8 rings (SSSR count). The van der Waals surface area contributed by atoms with Crippen LogP contribution in [0.3, 0.4) is 0 Å². The molecule has 0 unspecified atom stereocenters. The smallest absolute Gasteiger partial charge is 0.346 e. The van der Waals surface area contributed by atoms with E-state index in [-0.39, 0.29) is 64.1 Å². The van der Waals surface area contributed by atoms with Gasteiger partial charge in [-0.15, -0.1) is 0 Å². The van der Waals surface area contributed by atoms with E-state index in [2.05, 4.69) is 18.9 Å². The molecule has 0 saturated carbocycles. The summed E-state index contributed by atoms with van der Waals surface area (Å²) in [5.74, 6) is -7.10. The van der Waals surface area contributed by atoms with Crippen LogP contribution in [0.5, 0.6) is 0 Å². The fourth-order valence-electron chi connectivity index (χ4n) is 5.20. The van der Waals surface area contributed by atoms with Crippen LogP contribution in [-0.2, 0) is 38.6 Å². The van der Waals surface area contributed by atoms with Gasteiger partial charge in [0.05, 0.1) is 64.1 Å². The van der Waals surface area contributed by atoms with E-state index in [0.717, 1.165) is 48.5 Å². The zero-order chi connectivity index (χ0) is 35.9. The second kappa shape index (κ2) is 10.9. The molecule has 0 aliphatic carbocycles. The minimum absolute atomic E-state index is 0.0212. The van der Waals surface area contributed by atoms with Crippen LogP contribution in [0.15, 0.2) is 92.4 Å². The van der Waals surface area contributed by atoms with Gasteiger partial charge in [0.25, 0.3) is 0 Å². The van der Waals surface area contributed by atoms with Gasteiger partial charge in [-0.3, -0.25) is 0 Å². The first kappa shape index (κ1) is 31.9. The molecule has 4 aromatic rings. The highest BCUT2D eigenvalue weighted by molar-refractivity contribution is 7.91. The van der Waals surface area contributed by atoms with E-state index in [4.69, 9.17) is 0 Å². The molecular weight excluding hydrogens is 704 g/mol. The van der Waals surface area contributed by atoms with E-state index in [1.165, 1.54) is 24.3 Å². The van der Waals surface area contributed by atoms with Gasteiger partial charge in [0.2, 0.25) is 19.7 Å². The maximum atomic E-state index is 12.7. The molecule has 4 heterocycles. The number of carbonyl (C=O) groups is 8. The monoisotopic (exact) mass is 716 g/mol. The van der Waals surface area contributed by atoms with Gasteiger partial charge in [0, 0.05) is 0 Å². The number of ether oxygens (including phenoxy) is 4. The fraction of sp³-hybridized carbons (Fsp3) is 0. The van der Waals surface area contributed by atoms with Gasteiger partial charge in [-0.05, 0) is 72.8 Å². The number of hydrogen-bond acceptors (Lipinski definition) is 16. The van der Waals surface area contributed by atoms with E-state index in [9.17, 15) is 55.2 Å². The van der Waals surface area contributed by atoms with Crippen LogP contribution in [0, 0.1) is 0 Å². The number of benzene rings is 4. The van der Waals surface area contributed by atoms with Gasteiger partial charge in [0.15, 0.2) is 0 Å². The van der Waals surface area contributed by atoms with Gasteiger partial charge < -0.3 is 18.9 Å². The molecule has 0 bridgehead atoms. The summed E-state index contributed by atoms with van der Waals surface area (Å²) >= 11 is 0. The van der Waals surface area contributed by atoms with Crippen molar-refractivity contribution in [2.75, 3.05) is 0 Å². The predicted octanol–water partition coefficient (Wildman–Crippen LogP) is 2.28. The van der Waals surface area contributed by atoms with Gasteiger partial charge in [-0.1, -0.05) is 0 Å². The highest BCUT2D eigenvalue weighted by Crippen LogP contribution is 2.31. The summed E-state index contributed by atoms with van der Waals surface area (Å²) in [6.45, 7) is 0. The first-order valence-electron chi connectivity index (χ1n) is 13.7. The van der Waals surface area contributed by atoms with Crippen LogP contribution in [0.4, 0.5) is 0 Å². The van der Waals surface area contributed by atoms with Crippen molar-refractivity contribution in [3.8, 4) is 0 Å². The number of rotatable bonds is 4. The van der Waals surface area contributed by atoms with Crippen LogP contribution >= 0.6 is 0 Å². The van der Waals surface area contributed by atoms with Crippen molar-refractivity contribution < 1.29 is 74.1 Å². The lowest BCUT2D eigenvalue weighted by molar-refractivity contribution is 0.0425. The highest BCUT2D eigenvalue weighted by atomic mass is 32.2. The normalized spacial score (nSPS) is 15.7. The Kier molecular flexibility index (Phi) is 6.98. The van der Waals surface area contributed by atoms with Gasteiger partial charge in [-0.2, -0.15) is 0 Å². The van der Waals surface area contributed by atoms with Crippen molar-refractivity contribution in [3.63, 3.8) is 0 Å². The zero-order valence-corrected chi connectivity index (χ0v) is 25.9. The van der Waals surface area contributed by atoms with E-state index in [1.807, 2.05) is 0 Å². The second-order valence-corrected chi connectivity index (χ2v) is 14.4. The SMILES string of the molecule is O=C1OC(=O)c2cc(S(=O)(=O)c3ccc4c(c3)C(=O)OC4=O)ccc21.O=C1OC(=O)c2cc(S(=O)(=O)c3ccc4c(c3)C(=O)OC4=O)ccc21. The third kappa shape index (κ3) is 4.89. The molecule has 50 heavy (non-hydrogen) atoms. The van der Waals surface area contributed by atoms with Crippen molar-refractivity contribution in [2.45, 2.75) is 19.6 Å². The third-order valence-electron chi connectivity index (χ3n) is 7.71. The average Bonchev–Trinajstić information content (AvgIpc) is 3.75. The maximum Gasteiger partial charge on any atom is 0.346 e. The molecule has 0 fully saturated rings. The summed E-state index contributed by atoms with van der Waals surface area (Å²) in [5.41, 5.74) is -0.689. The minimum atomic E-state index is -4.10. The highest BCUT2D eigenvalue weighted by Gasteiger charge is 2.36. The molecule has 0 spiro atoms. The largest absolute Gasteiger partial charge is 0.386 e. The molecule has 16 nitrogen and oxygen atoms in total. The number of carbonyl (C=O) groups excluding carboxylic acids is 8. The lowest BCUT2D eigenvalue weighted by Gasteiger charge is -2.06. The number of esters is 8. The van der Waals surface area contributed by atoms with Crippen LogP contribution < -0.4 is 0 Å². The first-order valence-corrected chi connectivity index (χ1v) is 16.7. The molecule has 0 saturated heterocycles. The van der Waals surface area contributed by atoms with E-state index < -0.39 is 67.4 Å². The van der Waals surface area contributed by atoms with Crippen molar-refractivity contribution in [1.29, 1.82) is 0 Å². The average molecular weight is 717 g/mol. The predicted molar refractivity (Wildman–Crippen MR) is 156 cm³/mol. The lowest BCUT2D eigenvalue weighted by Crippen LogP contribution is -2.06. The Morgan fingerprint density at radius 1 is 0.280 bits per heavy atom. The Morgan fingerprint density at radius 3 is 0.660 bits per heavy atom. The van der Waals surface area contributed by atoms with Crippen molar-refractivity contribution in [1.82, 2.24) is 0 Å². The van der Waals surface area contributed by atoms with Crippen molar-refractivity contribution in [3.05, 3.63) is 117 Å². The Balaban J connectivity index is 0.000000157. The Bertz CT molecular complexity index is 2270. The van der Waals surface area contributed by atoms with Gasteiger partial charge in [0.1, 0.15) is 0 Å². The third-order valence-corrected chi connectivity index (χ3v) is 11.2. The number of cyclic esters (lactones) is 8. The summed E-state index contributed by atoms with van der Waals surface area (Å²) in [7, 11) is -8.20. The van der Waals surface area contributed by atoms with Crippen LogP contribution in [0.1, 0.15) is 82.9 Å². The molecule has 4 aliphatic heterocycles. The summed E-state index contributed by atoms with van der Waals surface area (Å²) in [4.78, 5) is 91.0. The molecule has 0 aromatic heterocycles. The van der Waals surface area contributed by atoms with Crippen molar-refractivity contribution in [2.24, 2.45) is 0 Å². The van der Waals surface area contributed by atoms with E-state index in [1.54, 1.807) is 0 Å². The van der Waals surface area contributed by atoms with E-state index in [0.29, 0.717) is 0 Å². The van der Waals surface area contributed by atoms with Crippen LogP contribution in [0.25, 0.3) is 0 Å². The van der Waals surface area contributed by atoms with Gasteiger partial charge in [-0.25, -0.2) is 55.2 Å². The molecule has 0 amide bonds. The van der Waals surface area contributed by atoms with Crippen molar-refractivity contribution >= 4 is 67.4 Å². The summed E-state index contributed by atoms with van der Waals surface area (Å²) < 4.78 is 68.6. The summed E-state index contributed by atoms with van der Waals surface area (Å²) in [6, 6.07) is 13.5. The summed E-state index contributed by atoms with van der Waals surface area (Å²) in [6.07, 6.45) is 0. The Labute approximate surface area is 278 Å². The van der Waals surface area contributed by atoms with Crippen LogP contribution in [-0.4, -0.2) is 64.6 Å². The zero-order valence-electron chi connectivity index (χ0n) is 24.3. The molecule has 4 aliphatic rings. The number of fused-ring (bicyclic) bond motifs is 4. The standard InChI is InChI=1S/2C16H6O8S/c2*17-13-9-3-1-7(5-11(9)15(19)23-13)25(21,22)8-2-4-10-12(6-8)16(20)24-14(10)18/h2*1-6H. The quantitative estimate of drug-likeness (QED) is 0.167. The Morgan fingerprint density at radius 2 is 0.460 bits per heavy atom. The molecule has 0 atom stereocenters. The molecule has 0 N–H and O–H groups in total. The summed E-state index contributed by atoms with van der Waals surface area (Å²) in [5, 5.41) is 0. The molecular formula is C32H12O16S2.